The SMILES string of the molecule is [2H]c1c([2H])c([2H])c([Si](c2c([2H])c([2H])c([2H])c([2H])c2[2H])(c2c([2H])c([2H])c([2H])c([2H])c2[2H])c2c([2H])c([2H])c([2H])c(-c3ccc4c(c3)n(-c3[c-]c(Oc5[c-]c6c(cc5)c5ccccc5n6-c5cc(C(C)(C)C)ccn5)ccc3)[c-][n+]4-c3c(-c4cccc(C(C)(C)C)c4)cccc3-c3cc(C(C)(C)C)cc(C(C)(C)C)c3)c2[2H])c([2H])c1[2H].[Pt]. The summed E-state index contributed by atoms with van der Waals surface area (Å²) in [5.74, 6) is 1.27. The maximum atomic E-state index is 10.8. The molecule has 0 saturated carbocycles. The number of hydrogen-bond acceptors (Lipinski definition) is 2. The van der Waals surface area contributed by atoms with E-state index in [0.717, 1.165) is 60.8 Å². The van der Waals surface area contributed by atoms with Crippen LogP contribution in [-0.4, -0.2) is 22.2 Å². The summed E-state index contributed by atoms with van der Waals surface area (Å²) in [6.45, 7) is 25.9. The van der Waals surface area contributed by atoms with Crippen LogP contribution in [0.25, 0.3) is 83.4 Å². The first-order valence-corrected chi connectivity index (χ1v) is 33.4. The molecule has 0 radical (unpaired) electrons. The number of para-hydroxylation sites is 2. The van der Waals surface area contributed by atoms with E-state index in [2.05, 4.69) is 167 Å². The first-order valence-electron chi connectivity index (χ1n) is 40.9. The van der Waals surface area contributed by atoms with Crippen molar-refractivity contribution < 1.29 is 56.4 Å². The molecular formula is C88H80N4OPtSi-2. The molecule has 95 heavy (non-hydrogen) atoms. The first-order chi connectivity index (χ1) is 53.0. The summed E-state index contributed by atoms with van der Waals surface area (Å²) in [6.07, 6.45) is 5.56. The fourth-order valence-corrected chi connectivity index (χ4v) is 15.9. The van der Waals surface area contributed by atoms with Crippen LogP contribution in [0.4, 0.5) is 0 Å². The Morgan fingerprint density at radius 2 is 1.01 bits per heavy atom. The summed E-state index contributed by atoms with van der Waals surface area (Å²) in [7, 11) is -6.22. The fourth-order valence-electron chi connectivity index (χ4n) is 12.3. The number of benzene rings is 11. The van der Waals surface area contributed by atoms with Crippen molar-refractivity contribution >= 4 is 61.7 Å². The molecule has 5 nitrogen and oxygen atoms in total. The predicted molar refractivity (Wildman–Crippen MR) is 395 cm³/mol. The van der Waals surface area contributed by atoms with Gasteiger partial charge in [0.05, 0.1) is 42.8 Å². The van der Waals surface area contributed by atoms with Crippen molar-refractivity contribution in [2.45, 2.75) is 105 Å². The van der Waals surface area contributed by atoms with Crippen molar-refractivity contribution in [2.75, 3.05) is 0 Å². The molecule has 0 atom stereocenters. The summed E-state index contributed by atoms with van der Waals surface area (Å²) < 4.78 is 194. The van der Waals surface area contributed by atoms with Gasteiger partial charge < -0.3 is 13.9 Å². The zero-order chi connectivity index (χ0) is 81.8. The van der Waals surface area contributed by atoms with Crippen molar-refractivity contribution in [3.63, 3.8) is 0 Å². The summed E-state index contributed by atoms with van der Waals surface area (Å²) in [4.78, 5) is 4.88. The van der Waals surface area contributed by atoms with E-state index in [9.17, 15) is 21.9 Å². The molecule has 3 aromatic heterocycles. The molecule has 3 heterocycles. The predicted octanol–water partition coefficient (Wildman–Crippen LogP) is 19.2. The standard InChI is InChI=1S/C88H80N4OSi.Pt/c1-85(2,3)64-30-24-29-62(50-64)75-41-27-42-76(63-51-66(87(7,8)9)55-67(52-63)88(10,11)12)84(75)91-59-90(68-31-26-32-69(57-68)93-70-45-46-78-77-40-22-23-43-79(77)92(81(78)58-70)83-56-65(48-49-89-83)86(4,5)6)82-54-61(44-47-80(82)91)60-28-25-39-74(53-60)94(71-33-16-13-17-34-71,72-35-18-14-19-36-72)73-37-20-15-21-38-73;/h13-56H,1-12H3;/q-2;/i13D,14D,15D,16D,17D,18D,19D,20D,21D,25D,28D,33D,34D,35D,36D,37D,38D,39D,53D;. The third-order valence-corrected chi connectivity index (χ3v) is 21.5. The van der Waals surface area contributed by atoms with Crippen LogP contribution in [0, 0.1) is 18.5 Å². The van der Waals surface area contributed by atoms with Gasteiger partial charge in [-0.05, 0) is 133 Å². The largest absolute Gasteiger partial charge is 0.510 e. The maximum absolute atomic E-state index is 10.8. The molecule has 11 aromatic carbocycles. The van der Waals surface area contributed by atoms with Crippen LogP contribution >= 0.6 is 0 Å². The molecule has 0 amide bonds. The monoisotopic (exact) mass is 1450 g/mol. The van der Waals surface area contributed by atoms with Crippen molar-refractivity contribution in [1.29, 1.82) is 0 Å². The van der Waals surface area contributed by atoms with Gasteiger partial charge in [-0.2, -0.15) is 18.2 Å². The minimum absolute atomic E-state index is 0. The Morgan fingerprint density at radius 3 is 1.65 bits per heavy atom. The van der Waals surface area contributed by atoms with E-state index < -0.39 is 149 Å². The second-order valence-electron chi connectivity index (χ2n) is 27.9. The second-order valence-corrected chi connectivity index (χ2v) is 31.4. The van der Waals surface area contributed by atoms with Gasteiger partial charge in [0.2, 0.25) is 0 Å². The number of fused-ring (bicyclic) bond motifs is 4. The Hall–Kier alpha value is -9.45. The molecular weight excluding hydrogens is 1350 g/mol. The smallest absolute Gasteiger partial charge is 0.268 e. The summed E-state index contributed by atoms with van der Waals surface area (Å²) in [5.41, 5.74) is 9.51. The van der Waals surface area contributed by atoms with E-state index in [-0.39, 0.29) is 54.0 Å². The Bertz CT molecular complexity index is 6080. The zero-order valence-corrected chi connectivity index (χ0v) is 58.2. The van der Waals surface area contributed by atoms with E-state index in [1.165, 1.54) is 0 Å². The number of nitrogens with zero attached hydrogens (tertiary/aromatic N) is 4. The number of pyridine rings is 1. The molecule has 0 saturated heterocycles. The van der Waals surface area contributed by atoms with Crippen LogP contribution in [0.5, 0.6) is 11.5 Å². The minimum Gasteiger partial charge on any atom is -0.510 e. The molecule has 0 unspecified atom stereocenters. The summed E-state index contributed by atoms with van der Waals surface area (Å²) >= 11 is 0. The molecule has 14 rings (SSSR count). The van der Waals surface area contributed by atoms with E-state index in [1.54, 1.807) is 47.2 Å². The zero-order valence-electron chi connectivity index (χ0n) is 73.9. The molecule has 0 aliphatic carbocycles. The fraction of sp³-hybridized carbons (Fsp3) is 0.182. The normalized spacial score (nSPS) is 15.1. The van der Waals surface area contributed by atoms with E-state index in [1.807, 2.05) is 53.1 Å². The van der Waals surface area contributed by atoms with Crippen LogP contribution in [0.2, 0.25) is 0 Å². The number of aromatic nitrogens is 4. The third kappa shape index (κ3) is 12.2. The van der Waals surface area contributed by atoms with Crippen LogP contribution in [0.3, 0.4) is 0 Å². The van der Waals surface area contributed by atoms with E-state index >= 15 is 0 Å². The van der Waals surface area contributed by atoms with Crippen molar-refractivity contribution in [3.05, 3.63) is 307 Å². The molecule has 14 aromatic rings. The number of imidazole rings is 1. The maximum Gasteiger partial charge on any atom is 0.268 e. The number of hydrogen-bond donors (Lipinski definition) is 0. The van der Waals surface area contributed by atoms with Crippen LogP contribution in [0.1, 0.15) is 131 Å². The molecule has 0 fully saturated rings. The molecule has 0 spiro atoms. The second kappa shape index (κ2) is 25.0. The van der Waals surface area contributed by atoms with Crippen LogP contribution in [0.15, 0.2) is 267 Å². The average Bonchev–Trinajstić information content (AvgIpc) is 0.727. The summed E-state index contributed by atoms with van der Waals surface area (Å²) in [5, 5.41) is -1.84. The molecule has 0 aliphatic rings. The van der Waals surface area contributed by atoms with Crippen LogP contribution in [-0.2, 0) is 42.7 Å². The van der Waals surface area contributed by atoms with Gasteiger partial charge in [0.25, 0.3) is 6.33 Å². The molecule has 0 bridgehead atoms. The molecule has 0 aliphatic heterocycles. The van der Waals surface area contributed by atoms with E-state index in [0.29, 0.717) is 39.5 Å². The van der Waals surface area contributed by atoms with Gasteiger partial charge in [0.1, 0.15) is 5.82 Å². The molecule has 474 valence electrons. The Morgan fingerprint density at radius 1 is 0.442 bits per heavy atom. The van der Waals surface area contributed by atoms with Crippen molar-refractivity contribution in [2.24, 2.45) is 0 Å². The minimum atomic E-state index is -6.22. The van der Waals surface area contributed by atoms with Gasteiger partial charge in [0, 0.05) is 44.3 Å². The van der Waals surface area contributed by atoms with Gasteiger partial charge in [-0.3, -0.25) is 4.57 Å². The Labute approximate surface area is 603 Å². The van der Waals surface area contributed by atoms with Gasteiger partial charge in [-0.1, -0.05) is 294 Å². The van der Waals surface area contributed by atoms with Crippen molar-refractivity contribution in [1.82, 2.24) is 14.1 Å². The van der Waals surface area contributed by atoms with Gasteiger partial charge in [0.15, 0.2) is 8.07 Å². The summed E-state index contributed by atoms with van der Waals surface area (Å²) in [6, 6.07) is 34.8. The van der Waals surface area contributed by atoms with E-state index in [4.69, 9.17) is 13.8 Å². The van der Waals surface area contributed by atoms with Crippen molar-refractivity contribution in [3.8, 4) is 62.1 Å². The molecule has 7 heteroatoms. The number of ether oxygens (including phenoxy) is 1. The average molecular weight is 1450 g/mol. The number of rotatable bonds is 12. The van der Waals surface area contributed by atoms with Crippen LogP contribution < -0.4 is 30.1 Å². The quantitative estimate of drug-likeness (QED) is 0.0529. The Kier molecular flexibility index (Phi) is 11.9. The van der Waals surface area contributed by atoms with Gasteiger partial charge in [-0.25, -0.2) is 4.98 Å². The van der Waals surface area contributed by atoms with Gasteiger partial charge in [-0.15, -0.1) is 29.7 Å². The topological polar surface area (TPSA) is 35.9 Å². The van der Waals surface area contributed by atoms with Gasteiger partial charge >= 0.3 is 0 Å². The third-order valence-electron chi connectivity index (χ3n) is 17.5. The molecule has 0 N–H and O–H groups in total. The Balaban J connectivity index is 0.0000113. The first kappa shape index (κ1) is 45.0.